The molecule has 3 aromatic rings. The number of carbonyl (C=O) groups is 2. The van der Waals surface area contributed by atoms with E-state index in [4.69, 9.17) is 0 Å². The number of amides is 3. The van der Waals surface area contributed by atoms with Crippen molar-refractivity contribution in [3.8, 4) is 0 Å². The highest BCUT2D eigenvalue weighted by Gasteiger charge is 2.28. The van der Waals surface area contributed by atoms with Crippen LogP contribution in [0.5, 0.6) is 0 Å². The minimum Gasteiger partial charge on any atom is -0.324 e. The van der Waals surface area contributed by atoms with E-state index in [0.29, 0.717) is 18.1 Å². The highest BCUT2D eigenvalue weighted by Crippen LogP contribution is 2.30. The third-order valence-electron chi connectivity index (χ3n) is 5.35. The summed E-state index contributed by atoms with van der Waals surface area (Å²) in [4.78, 5) is 27.1. The maximum absolute atomic E-state index is 12.8. The fraction of sp³-hybridized carbons (Fsp3) is 0.304. The number of hydrogen-bond donors (Lipinski definition) is 2. The van der Waals surface area contributed by atoms with Gasteiger partial charge in [0.1, 0.15) is 5.01 Å². The fourth-order valence-corrected chi connectivity index (χ4v) is 4.57. The molecule has 8 heteroatoms. The molecule has 160 valence electrons. The van der Waals surface area contributed by atoms with E-state index in [1.165, 1.54) is 11.3 Å². The maximum Gasteiger partial charge on any atom is 0.321 e. The molecule has 31 heavy (non-hydrogen) atoms. The van der Waals surface area contributed by atoms with Gasteiger partial charge in [-0.1, -0.05) is 47.2 Å². The maximum atomic E-state index is 12.8. The van der Waals surface area contributed by atoms with Crippen LogP contribution >= 0.6 is 11.3 Å². The van der Waals surface area contributed by atoms with Crippen molar-refractivity contribution in [2.45, 2.75) is 32.6 Å². The topological polar surface area (TPSA) is 87.2 Å². The molecule has 2 heterocycles. The Morgan fingerprint density at radius 3 is 2.65 bits per heavy atom. The first-order chi connectivity index (χ1) is 15.0. The Hall–Kier alpha value is -3.26. The minimum absolute atomic E-state index is 0.0781. The van der Waals surface area contributed by atoms with Gasteiger partial charge >= 0.3 is 6.03 Å². The van der Waals surface area contributed by atoms with Crippen LogP contribution < -0.4 is 10.6 Å². The van der Waals surface area contributed by atoms with E-state index >= 15 is 0 Å². The van der Waals surface area contributed by atoms with Crippen LogP contribution in [-0.2, 0) is 0 Å². The standard InChI is InChI=1S/C23H25N5O2S/c1-15-10-11-19(16(2)13-15)25-23(30)28-12-6-7-17(14-28)21-26-27-22(31-21)20(29)24-18-8-4-3-5-9-18/h3-5,8-11,13,17H,6-7,12,14H2,1-2H3,(H,24,29)(H,25,30). The van der Waals surface area contributed by atoms with Gasteiger partial charge in [-0.15, -0.1) is 10.2 Å². The van der Waals surface area contributed by atoms with Gasteiger partial charge in [0.15, 0.2) is 0 Å². The molecular weight excluding hydrogens is 410 g/mol. The summed E-state index contributed by atoms with van der Waals surface area (Å²) < 4.78 is 0. The third kappa shape index (κ3) is 5.08. The molecule has 1 aliphatic rings. The Kier molecular flexibility index (Phi) is 6.27. The van der Waals surface area contributed by atoms with Crippen molar-refractivity contribution in [2.24, 2.45) is 0 Å². The summed E-state index contributed by atoms with van der Waals surface area (Å²) in [5.74, 6) is -0.190. The summed E-state index contributed by atoms with van der Waals surface area (Å²) in [7, 11) is 0. The van der Waals surface area contributed by atoms with Gasteiger partial charge in [-0.2, -0.15) is 0 Å². The number of para-hydroxylation sites is 1. The summed E-state index contributed by atoms with van der Waals surface area (Å²) in [6, 6.07) is 15.1. The Labute approximate surface area is 185 Å². The molecule has 0 spiro atoms. The summed E-state index contributed by atoms with van der Waals surface area (Å²) in [6.45, 7) is 5.29. The number of anilines is 2. The van der Waals surface area contributed by atoms with Crippen LogP contribution in [0, 0.1) is 13.8 Å². The molecule has 3 amide bonds. The van der Waals surface area contributed by atoms with Gasteiger partial charge in [0.05, 0.1) is 0 Å². The van der Waals surface area contributed by atoms with Gasteiger partial charge < -0.3 is 15.5 Å². The van der Waals surface area contributed by atoms with Crippen LogP contribution in [0.1, 0.15) is 44.7 Å². The molecule has 1 fully saturated rings. The number of nitrogens with zero attached hydrogens (tertiary/aromatic N) is 3. The Morgan fingerprint density at radius 1 is 1.06 bits per heavy atom. The number of urea groups is 1. The van der Waals surface area contributed by atoms with Gasteiger partial charge in [-0.05, 0) is 50.5 Å². The predicted molar refractivity (Wildman–Crippen MR) is 123 cm³/mol. The summed E-state index contributed by atoms with van der Waals surface area (Å²) in [6.07, 6.45) is 1.80. The zero-order chi connectivity index (χ0) is 21.8. The monoisotopic (exact) mass is 435 g/mol. The molecular formula is C23H25N5O2S. The number of nitrogens with one attached hydrogen (secondary N) is 2. The molecule has 0 bridgehead atoms. The van der Waals surface area contributed by atoms with E-state index in [2.05, 4.69) is 26.9 Å². The molecule has 1 saturated heterocycles. The van der Waals surface area contributed by atoms with E-state index < -0.39 is 0 Å². The summed E-state index contributed by atoms with van der Waals surface area (Å²) >= 11 is 1.30. The van der Waals surface area contributed by atoms with Crippen molar-refractivity contribution in [2.75, 3.05) is 23.7 Å². The van der Waals surface area contributed by atoms with E-state index in [-0.39, 0.29) is 17.9 Å². The molecule has 1 atom stereocenters. The number of piperidine rings is 1. The lowest BCUT2D eigenvalue weighted by Crippen LogP contribution is -2.41. The van der Waals surface area contributed by atoms with Crippen LogP contribution in [0.15, 0.2) is 48.5 Å². The molecule has 0 saturated carbocycles. The predicted octanol–water partition coefficient (Wildman–Crippen LogP) is 4.82. The number of aryl methyl sites for hydroxylation is 2. The molecule has 1 aromatic heterocycles. The minimum atomic E-state index is -0.268. The molecule has 1 aliphatic heterocycles. The van der Waals surface area contributed by atoms with Crippen molar-refractivity contribution in [3.63, 3.8) is 0 Å². The highest BCUT2D eigenvalue weighted by molar-refractivity contribution is 7.13. The van der Waals surface area contributed by atoms with Crippen LogP contribution in [0.4, 0.5) is 16.2 Å². The average molecular weight is 436 g/mol. The van der Waals surface area contributed by atoms with Crippen LogP contribution in [0.3, 0.4) is 0 Å². The third-order valence-corrected chi connectivity index (χ3v) is 6.43. The highest BCUT2D eigenvalue weighted by atomic mass is 32.1. The molecule has 4 rings (SSSR count). The lowest BCUT2D eigenvalue weighted by molar-refractivity contribution is 0.102. The normalized spacial score (nSPS) is 16.1. The van der Waals surface area contributed by atoms with Crippen molar-refractivity contribution < 1.29 is 9.59 Å². The molecule has 0 aliphatic carbocycles. The van der Waals surface area contributed by atoms with Crippen LogP contribution in [0.25, 0.3) is 0 Å². The first-order valence-corrected chi connectivity index (χ1v) is 11.1. The largest absolute Gasteiger partial charge is 0.324 e. The number of likely N-dealkylation sites (tertiary alicyclic amines) is 1. The van der Waals surface area contributed by atoms with Gasteiger partial charge in [0.25, 0.3) is 5.91 Å². The van der Waals surface area contributed by atoms with Crippen LogP contribution in [0.2, 0.25) is 0 Å². The van der Waals surface area contributed by atoms with Crippen molar-refractivity contribution in [1.82, 2.24) is 15.1 Å². The lowest BCUT2D eigenvalue weighted by Gasteiger charge is -2.31. The molecule has 7 nitrogen and oxygen atoms in total. The summed E-state index contributed by atoms with van der Waals surface area (Å²) in [5, 5.41) is 15.3. The first kappa shape index (κ1) is 21.0. The van der Waals surface area contributed by atoms with Crippen molar-refractivity contribution >= 4 is 34.6 Å². The molecule has 2 aromatic carbocycles. The quantitative estimate of drug-likeness (QED) is 0.615. The first-order valence-electron chi connectivity index (χ1n) is 10.3. The molecule has 2 N–H and O–H groups in total. The fourth-order valence-electron chi connectivity index (χ4n) is 3.71. The average Bonchev–Trinajstić information content (AvgIpc) is 3.27. The Bertz CT molecular complexity index is 1080. The SMILES string of the molecule is Cc1ccc(NC(=O)N2CCCC(c3nnc(C(=O)Nc4ccccc4)s3)C2)c(C)c1. The Morgan fingerprint density at radius 2 is 1.87 bits per heavy atom. The number of aromatic nitrogens is 2. The summed E-state index contributed by atoms with van der Waals surface area (Å²) in [5.41, 5.74) is 3.75. The van der Waals surface area contributed by atoms with Gasteiger partial charge in [0, 0.05) is 30.4 Å². The molecule has 0 radical (unpaired) electrons. The number of carbonyl (C=O) groups excluding carboxylic acids is 2. The van der Waals surface area contributed by atoms with Gasteiger partial charge in [-0.25, -0.2) is 4.79 Å². The number of hydrogen-bond acceptors (Lipinski definition) is 5. The second kappa shape index (κ2) is 9.26. The molecule has 1 unspecified atom stereocenters. The number of benzene rings is 2. The van der Waals surface area contributed by atoms with E-state index in [1.807, 2.05) is 61.2 Å². The van der Waals surface area contributed by atoms with E-state index in [1.54, 1.807) is 0 Å². The van der Waals surface area contributed by atoms with Crippen molar-refractivity contribution in [1.29, 1.82) is 0 Å². The zero-order valence-corrected chi connectivity index (χ0v) is 18.4. The van der Waals surface area contributed by atoms with Crippen molar-refractivity contribution in [3.05, 3.63) is 69.7 Å². The van der Waals surface area contributed by atoms with E-state index in [0.717, 1.165) is 40.4 Å². The number of rotatable bonds is 4. The van der Waals surface area contributed by atoms with Gasteiger partial charge in [0.2, 0.25) is 5.01 Å². The van der Waals surface area contributed by atoms with E-state index in [9.17, 15) is 9.59 Å². The van der Waals surface area contributed by atoms with Crippen LogP contribution in [-0.4, -0.2) is 40.1 Å². The smallest absolute Gasteiger partial charge is 0.321 e. The Balaban J connectivity index is 1.39. The van der Waals surface area contributed by atoms with Gasteiger partial charge in [-0.3, -0.25) is 4.79 Å². The second-order valence-corrected chi connectivity index (χ2v) is 8.81. The lowest BCUT2D eigenvalue weighted by atomic mass is 9.99. The zero-order valence-electron chi connectivity index (χ0n) is 17.6. The second-order valence-electron chi connectivity index (χ2n) is 7.80.